The van der Waals surface area contributed by atoms with Crippen LogP contribution in [0.15, 0.2) is 52.3 Å². The van der Waals surface area contributed by atoms with E-state index in [0.29, 0.717) is 43.6 Å². The minimum Gasteiger partial charge on any atom is -0.444 e. The molecule has 0 bridgehead atoms. The van der Waals surface area contributed by atoms with Crippen LogP contribution in [0.4, 0.5) is 10.5 Å². The fourth-order valence-corrected chi connectivity index (χ4v) is 4.78. The molecule has 1 aromatic carbocycles. The Morgan fingerprint density at radius 1 is 1.11 bits per heavy atom. The first-order valence-corrected chi connectivity index (χ1v) is 12.6. The van der Waals surface area contributed by atoms with Gasteiger partial charge in [0.25, 0.3) is 11.5 Å². The lowest BCUT2D eigenvalue weighted by Crippen LogP contribution is -2.43. The van der Waals surface area contributed by atoms with Gasteiger partial charge >= 0.3 is 6.09 Å². The van der Waals surface area contributed by atoms with E-state index >= 15 is 0 Å². The summed E-state index contributed by atoms with van der Waals surface area (Å²) in [5.41, 5.74) is 1.54. The number of aromatic nitrogens is 1. The molecule has 1 saturated carbocycles. The molecule has 36 heavy (non-hydrogen) atoms. The van der Waals surface area contributed by atoms with Gasteiger partial charge in [0.2, 0.25) is 0 Å². The van der Waals surface area contributed by atoms with Crippen LogP contribution < -0.4 is 16.2 Å². The molecule has 0 aliphatic heterocycles. The standard InChI is InChI=1S/C28H38N4O4/c1-19-11-16-23(30-18-17-20-9-7-6-8-10-20)26(34)32(19)24(25(33)29-5)21-12-14-22(15-13-21)31-27(35)36-28(2,3)4/h6-11,16,21-22,24,30H,5,12-15,17-18H2,1-4H3,(H,31,35). The van der Waals surface area contributed by atoms with Crippen LogP contribution in [-0.4, -0.2) is 41.5 Å². The number of ether oxygens (including phenoxy) is 1. The number of hydrogen-bond donors (Lipinski definition) is 2. The Morgan fingerprint density at radius 3 is 2.39 bits per heavy atom. The number of aryl methyl sites for hydroxylation is 1. The monoisotopic (exact) mass is 494 g/mol. The van der Waals surface area contributed by atoms with E-state index in [0.717, 1.165) is 6.42 Å². The Morgan fingerprint density at radius 2 is 1.78 bits per heavy atom. The molecule has 1 unspecified atom stereocenters. The highest BCUT2D eigenvalue weighted by atomic mass is 16.6. The summed E-state index contributed by atoms with van der Waals surface area (Å²) < 4.78 is 6.93. The van der Waals surface area contributed by atoms with Gasteiger partial charge in [0.15, 0.2) is 0 Å². The molecular formula is C28H38N4O4. The van der Waals surface area contributed by atoms with Crippen LogP contribution in [0, 0.1) is 12.8 Å². The van der Waals surface area contributed by atoms with Crippen LogP contribution in [0.1, 0.15) is 63.8 Å². The molecule has 8 heteroatoms. The number of pyridine rings is 1. The lowest BCUT2D eigenvalue weighted by atomic mass is 9.81. The van der Waals surface area contributed by atoms with Crippen LogP contribution in [0.3, 0.4) is 0 Å². The van der Waals surface area contributed by atoms with Crippen LogP contribution in [0.2, 0.25) is 0 Å². The van der Waals surface area contributed by atoms with Crippen LogP contribution in [0.25, 0.3) is 0 Å². The summed E-state index contributed by atoms with van der Waals surface area (Å²) in [6.07, 6.45) is 3.06. The third-order valence-electron chi connectivity index (χ3n) is 6.52. The number of alkyl carbamates (subject to hydrolysis) is 1. The van der Waals surface area contributed by atoms with E-state index in [-0.39, 0.29) is 17.5 Å². The fourth-order valence-electron chi connectivity index (χ4n) is 4.78. The summed E-state index contributed by atoms with van der Waals surface area (Å²) in [5.74, 6) is -0.499. The van der Waals surface area contributed by atoms with E-state index in [4.69, 9.17) is 4.74 Å². The van der Waals surface area contributed by atoms with Gasteiger partial charge in [0.1, 0.15) is 17.3 Å². The number of carbonyl (C=O) groups excluding carboxylic acids is 2. The molecule has 3 rings (SSSR count). The number of carbonyl (C=O) groups is 2. The van der Waals surface area contributed by atoms with Crippen molar-refractivity contribution in [2.75, 3.05) is 11.9 Å². The van der Waals surface area contributed by atoms with Gasteiger partial charge in [-0.15, -0.1) is 0 Å². The van der Waals surface area contributed by atoms with Crippen LogP contribution >= 0.6 is 0 Å². The third kappa shape index (κ3) is 7.29. The fraction of sp³-hybridized carbons (Fsp3) is 0.500. The Balaban J connectivity index is 1.72. The van der Waals surface area contributed by atoms with Gasteiger partial charge in [-0.1, -0.05) is 30.3 Å². The summed E-state index contributed by atoms with van der Waals surface area (Å²) >= 11 is 0. The van der Waals surface area contributed by atoms with Gasteiger partial charge in [-0.3, -0.25) is 14.2 Å². The second kappa shape index (κ2) is 12.0. The minimum absolute atomic E-state index is 0.0349. The van der Waals surface area contributed by atoms with E-state index in [1.54, 1.807) is 10.6 Å². The van der Waals surface area contributed by atoms with Crippen molar-refractivity contribution in [3.05, 3.63) is 64.1 Å². The number of nitrogens with one attached hydrogen (secondary N) is 2. The average molecular weight is 495 g/mol. The Hall–Kier alpha value is -3.42. The zero-order chi connectivity index (χ0) is 26.3. The van der Waals surface area contributed by atoms with E-state index in [9.17, 15) is 14.4 Å². The highest BCUT2D eigenvalue weighted by Gasteiger charge is 2.35. The summed E-state index contributed by atoms with van der Waals surface area (Å²) in [5, 5.41) is 6.16. The molecule has 1 fully saturated rings. The molecule has 0 radical (unpaired) electrons. The number of hydrogen-bond acceptors (Lipinski definition) is 5. The molecule has 0 spiro atoms. The zero-order valence-corrected chi connectivity index (χ0v) is 21.8. The Labute approximate surface area is 213 Å². The van der Waals surface area contributed by atoms with Gasteiger partial charge in [-0.2, -0.15) is 0 Å². The summed E-state index contributed by atoms with van der Waals surface area (Å²) in [7, 11) is 0. The van der Waals surface area contributed by atoms with E-state index in [2.05, 4.69) is 22.3 Å². The van der Waals surface area contributed by atoms with Crippen molar-refractivity contribution in [3.63, 3.8) is 0 Å². The highest BCUT2D eigenvalue weighted by molar-refractivity contribution is 5.84. The number of rotatable bonds is 8. The lowest BCUT2D eigenvalue weighted by molar-refractivity contribution is -0.123. The lowest BCUT2D eigenvalue weighted by Gasteiger charge is -2.34. The molecule has 1 atom stereocenters. The van der Waals surface area contributed by atoms with E-state index in [1.807, 2.05) is 64.1 Å². The molecule has 1 aromatic heterocycles. The first-order valence-electron chi connectivity index (χ1n) is 12.6. The van der Waals surface area contributed by atoms with Crippen molar-refractivity contribution < 1.29 is 14.3 Å². The molecule has 8 nitrogen and oxygen atoms in total. The molecule has 194 valence electrons. The predicted octanol–water partition coefficient (Wildman–Crippen LogP) is 4.66. The van der Waals surface area contributed by atoms with Gasteiger partial charge in [-0.05, 0) is 90.1 Å². The zero-order valence-electron chi connectivity index (χ0n) is 21.8. The van der Waals surface area contributed by atoms with Crippen LogP contribution in [0.5, 0.6) is 0 Å². The molecule has 1 aliphatic carbocycles. The first-order chi connectivity index (χ1) is 17.1. The number of aliphatic imine (C=N–C) groups is 1. The molecule has 2 amide bonds. The van der Waals surface area contributed by atoms with Crippen LogP contribution in [-0.2, 0) is 16.0 Å². The van der Waals surface area contributed by atoms with Gasteiger partial charge in [0, 0.05) is 18.3 Å². The number of anilines is 1. The van der Waals surface area contributed by atoms with Crippen molar-refractivity contribution in [1.82, 2.24) is 9.88 Å². The maximum Gasteiger partial charge on any atom is 0.407 e. The van der Waals surface area contributed by atoms with Gasteiger partial charge in [-0.25, -0.2) is 9.79 Å². The SMILES string of the molecule is C=NC(=O)C(C1CCC(NC(=O)OC(C)(C)C)CC1)n1c(C)ccc(NCCc2ccccc2)c1=O. The summed E-state index contributed by atoms with van der Waals surface area (Å²) in [6.45, 7) is 11.4. The largest absolute Gasteiger partial charge is 0.444 e. The average Bonchev–Trinajstić information content (AvgIpc) is 2.83. The predicted molar refractivity (Wildman–Crippen MR) is 143 cm³/mol. The van der Waals surface area contributed by atoms with Crippen molar-refractivity contribution in [2.45, 2.75) is 77.5 Å². The third-order valence-corrected chi connectivity index (χ3v) is 6.52. The molecular weight excluding hydrogens is 456 g/mol. The first kappa shape index (κ1) is 27.2. The van der Waals surface area contributed by atoms with E-state index < -0.39 is 23.6 Å². The molecule has 1 heterocycles. The van der Waals surface area contributed by atoms with E-state index in [1.165, 1.54) is 5.56 Å². The Bertz CT molecular complexity index is 1110. The smallest absolute Gasteiger partial charge is 0.407 e. The minimum atomic E-state index is -0.728. The summed E-state index contributed by atoms with van der Waals surface area (Å²) in [4.78, 5) is 42.3. The number of nitrogens with zero attached hydrogens (tertiary/aromatic N) is 2. The number of benzene rings is 1. The van der Waals surface area contributed by atoms with Crippen molar-refractivity contribution in [2.24, 2.45) is 10.9 Å². The molecule has 1 aliphatic rings. The maximum atomic E-state index is 13.5. The summed E-state index contributed by atoms with van der Waals surface area (Å²) in [6, 6.07) is 12.9. The van der Waals surface area contributed by atoms with Crippen molar-refractivity contribution in [3.8, 4) is 0 Å². The van der Waals surface area contributed by atoms with Crippen molar-refractivity contribution in [1.29, 1.82) is 0 Å². The van der Waals surface area contributed by atoms with Gasteiger partial charge in [0.05, 0.1) is 0 Å². The van der Waals surface area contributed by atoms with Crippen molar-refractivity contribution >= 4 is 24.4 Å². The highest BCUT2D eigenvalue weighted by Crippen LogP contribution is 2.34. The topological polar surface area (TPSA) is 102 Å². The number of amides is 2. The Kier molecular flexibility index (Phi) is 9.07. The normalized spacial score (nSPS) is 18.7. The molecule has 0 saturated heterocycles. The maximum absolute atomic E-state index is 13.5. The second-order valence-electron chi connectivity index (χ2n) is 10.4. The van der Waals surface area contributed by atoms with Gasteiger partial charge < -0.3 is 15.4 Å². The molecule has 2 aromatic rings. The quantitative estimate of drug-likeness (QED) is 0.520. The second-order valence-corrected chi connectivity index (χ2v) is 10.4. The molecule has 2 N–H and O–H groups in total.